The number of rotatable bonds is 6. The van der Waals surface area contributed by atoms with Crippen LogP contribution in [0.15, 0.2) is 35.5 Å². The second-order valence-corrected chi connectivity index (χ2v) is 5.77. The van der Waals surface area contributed by atoms with Gasteiger partial charge in [-0.05, 0) is 32.0 Å². The first-order valence-corrected chi connectivity index (χ1v) is 7.90. The number of aromatic nitrogens is 1. The SMILES string of the molecule is CC(C)Oc1cc(F)ccc1NC1=c2c(ccn2CCO)=NCN1. The molecule has 0 unspecified atom stereocenters. The van der Waals surface area contributed by atoms with Crippen LogP contribution < -0.4 is 26.1 Å². The number of nitrogens with one attached hydrogen (secondary N) is 2. The Kier molecular flexibility index (Phi) is 4.71. The van der Waals surface area contributed by atoms with E-state index in [2.05, 4.69) is 15.6 Å². The maximum Gasteiger partial charge on any atom is 0.146 e. The Bertz CT molecular complexity index is 845. The maximum atomic E-state index is 13.6. The van der Waals surface area contributed by atoms with E-state index >= 15 is 0 Å². The minimum absolute atomic E-state index is 0.0344. The zero-order chi connectivity index (χ0) is 17.1. The van der Waals surface area contributed by atoms with E-state index in [1.165, 1.54) is 12.1 Å². The summed E-state index contributed by atoms with van der Waals surface area (Å²) in [6, 6.07) is 6.30. The predicted molar refractivity (Wildman–Crippen MR) is 89.5 cm³/mol. The van der Waals surface area contributed by atoms with Gasteiger partial charge in [-0.1, -0.05) is 0 Å². The van der Waals surface area contributed by atoms with Crippen molar-refractivity contribution in [2.75, 3.05) is 18.6 Å². The molecule has 0 spiro atoms. The molecule has 1 aromatic heterocycles. The van der Waals surface area contributed by atoms with Gasteiger partial charge >= 0.3 is 0 Å². The lowest BCUT2D eigenvalue weighted by molar-refractivity contribution is 0.243. The van der Waals surface area contributed by atoms with E-state index in [1.54, 1.807) is 6.07 Å². The topological polar surface area (TPSA) is 70.8 Å². The minimum atomic E-state index is -0.350. The lowest BCUT2D eigenvalue weighted by Gasteiger charge is -2.19. The lowest BCUT2D eigenvalue weighted by Crippen LogP contribution is -2.43. The molecule has 0 radical (unpaired) electrons. The molecule has 0 saturated carbocycles. The molecule has 1 aliphatic heterocycles. The van der Waals surface area contributed by atoms with Crippen LogP contribution in [0.25, 0.3) is 5.82 Å². The molecule has 2 heterocycles. The third-order valence-electron chi connectivity index (χ3n) is 3.59. The third-order valence-corrected chi connectivity index (χ3v) is 3.59. The van der Waals surface area contributed by atoms with Gasteiger partial charge in [-0.15, -0.1) is 0 Å². The van der Waals surface area contributed by atoms with Gasteiger partial charge in [0.05, 0.1) is 23.8 Å². The zero-order valence-corrected chi connectivity index (χ0v) is 13.7. The van der Waals surface area contributed by atoms with Crippen molar-refractivity contribution in [2.45, 2.75) is 26.5 Å². The van der Waals surface area contributed by atoms with Crippen LogP contribution in [0.1, 0.15) is 13.8 Å². The summed E-state index contributed by atoms with van der Waals surface area (Å²) in [4.78, 5) is 4.41. The number of hydrogen-bond donors (Lipinski definition) is 3. The number of aliphatic hydroxyl groups excluding tert-OH is 1. The van der Waals surface area contributed by atoms with Crippen LogP contribution in [-0.4, -0.2) is 29.1 Å². The van der Waals surface area contributed by atoms with Crippen molar-refractivity contribution >= 4 is 11.5 Å². The molecule has 2 aromatic rings. The van der Waals surface area contributed by atoms with E-state index in [-0.39, 0.29) is 18.5 Å². The number of benzene rings is 1. The highest BCUT2D eigenvalue weighted by Crippen LogP contribution is 2.27. The number of ether oxygens (including phenoxy) is 1. The molecule has 7 heteroatoms. The summed E-state index contributed by atoms with van der Waals surface area (Å²) >= 11 is 0. The molecule has 24 heavy (non-hydrogen) atoms. The summed E-state index contributed by atoms with van der Waals surface area (Å²) in [6.07, 6.45) is 1.82. The molecule has 0 saturated heterocycles. The third kappa shape index (κ3) is 3.35. The summed E-state index contributed by atoms with van der Waals surface area (Å²) in [6.45, 7) is 4.73. The van der Waals surface area contributed by atoms with Crippen LogP contribution in [0, 0.1) is 5.82 Å². The van der Waals surface area contributed by atoms with Gasteiger partial charge in [0, 0.05) is 18.8 Å². The molecule has 128 valence electrons. The highest BCUT2D eigenvalue weighted by molar-refractivity contribution is 5.69. The van der Waals surface area contributed by atoms with Gasteiger partial charge in [0.1, 0.15) is 29.4 Å². The van der Waals surface area contributed by atoms with Gasteiger partial charge in [0.2, 0.25) is 0 Å². The van der Waals surface area contributed by atoms with E-state index in [0.717, 1.165) is 16.5 Å². The molecule has 0 bridgehead atoms. The van der Waals surface area contributed by atoms with Gasteiger partial charge in [-0.2, -0.15) is 0 Å². The fourth-order valence-electron chi connectivity index (χ4n) is 2.63. The summed E-state index contributed by atoms with van der Waals surface area (Å²) in [5.74, 6) is 0.847. The average molecular weight is 332 g/mol. The molecular weight excluding hydrogens is 311 g/mol. The molecule has 0 fully saturated rings. The lowest BCUT2D eigenvalue weighted by atomic mass is 10.2. The number of fused-ring (bicyclic) bond motifs is 1. The highest BCUT2D eigenvalue weighted by Gasteiger charge is 2.13. The molecule has 1 aromatic carbocycles. The Morgan fingerprint density at radius 3 is 3.00 bits per heavy atom. The summed E-state index contributed by atoms with van der Waals surface area (Å²) < 4.78 is 21.2. The molecule has 0 amide bonds. The molecule has 0 aliphatic carbocycles. The summed E-state index contributed by atoms with van der Waals surface area (Å²) in [5, 5.41) is 17.4. The van der Waals surface area contributed by atoms with Crippen LogP contribution in [0.4, 0.5) is 10.1 Å². The van der Waals surface area contributed by atoms with Gasteiger partial charge in [0.25, 0.3) is 0 Å². The van der Waals surface area contributed by atoms with Crippen LogP contribution in [-0.2, 0) is 6.54 Å². The van der Waals surface area contributed by atoms with Crippen molar-refractivity contribution in [2.24, 2.45) is 4.99 Å². The van der Waals surface area contributed by atoms with Crippen molar-refractivity contribution in [1.29, 1.82) is 0 Å². The highest BCUT2D eigenvalue weighted by atomic mass is 19.1. The Hall–Kier alpha value is -2.54. The fraction of sp³-hybridized carbons (Fsp3) is 0.353. The average Bonchev–Trinajstić information content (AvgIpc) is 2.94. The van der Waals surface area contributed by atoms with Gasteiger partial charge in [0.15, 0.2) is 0 Å². The van der Waals surface area contributed by atoms with Crippen molar-refractivity contribution in [3.8, 4) is 5.75 Å². The molecule has 6 nitrogen and oxygen atoms in total. The number of aliphatic hydroxyl groups is 1. The fourth-order valence-corrected chi connectivity index (χ4v) is 2.63. The Morgan fingerprint density at radius 2 is 2.25 bits per heavy atom. The van der Waals surface area contributed by atoms with E-state index in [9.17, 15) is 9.50 Å². The number of halogens is 1. The molecular formula is C17H21FN4O2. The van der Waals surface area contributed by atoms with Crippen molar-refractivity contribution in [1.82, 2.24) is 9.88 Å². The van der Waals surface area contributed by atoms with Crippen molar-refractivity contribution in [3.05, 3.63) is 47.0 Å². The number of hydrogen-bond acceptors (Lipinski definition) is 5. The van der Waals surface area contributed by atoms with Crippen LogP contribution in [0.2, 0.25) is 0 Å². The first-order valence-electron chi connectivity index (χ1n) is 7.90. The van der Waals surface area contributed by atoms with Crippen LogP contribution in [0.5, 0.6) is 5.75 Å². The van der Waals surface area contributed by atoms with Gasteiger partial charge in [-0.3, -0.25) is 4.99 Å². The number of nitrogens with zero attached hydrogens (tertiary/aromatic N) is 2. The molecule has 1 aliphatic rings. The van der Waals surface area contributed by atoms with Gasteiger partial charge < -0.3 is 25.0 Å². The van der Waals surface area contributed by atoms with Gasteiger partial charge in [-0.25, -0.2) is 4.39 Å². The normalized spacial score (nSPS) is 13.3. The first kappa shape index (κ1) is 16.3. The predicted octanol–water partition coefficient (Wildman–Crippen LogP) is 0.765. The van der Waals surface area contributed by atoms with Crippen LogP contribution in [0.3, 0.4) is 0 Å². The molecule has 0 atom stereocenters. The minimum Gasteiger partial charge on any atom is -0.489 e. The Labute approximate surface area is 139 Å². The smallest absolute Gasteiger partial charge is 0.146 e. The van der Waals surface area contributed by atoms with E-state index in [0.29, 0.717) is 24.7 Å². The monoisotopic (exact) mass is 332 g/mol. The second kappa shape index (κ2) is 6.92. The number of anilines is 1. The van der Waals surface area contributed by atoms with E-state index < -0.39 is 0 Å². The standard InChI is InChI=1S/C17H21FN4O2/c1-11(2)24-15-9-12(18)3-4-13(15)21-17-16-14(19-10-20-17)5-6-22(16)7-8-23/h3-6,9,11,20-21,23H,7-8,10H2,1-2H3. The zero-order valence-electron chi connectivity index (χ0n) is 13.7. The summed E-state index contributed by atoms with van der Waals surface area (Å²) in [5.41, 5.74) is 0.664. The molecule has 3 N–H and O–H groups in total. The molecule has 3 rings (SSSR count). The van der Waals surface area contributed by atoms with Crippen LogP contribution >= 0.6 is 0 Å². The second-order valence-electron chi connectivity index (χ2n) is 5.77. The summed E-state index contributed by atoms with van der Waals surface area (Å²) in [7, 11) is 0. The first-order chi connectivity index (χ1) is 11.6. The van der Waals surface area contributed by atoms with Crippen molar-refractivity contribution in [3.63, 3.8) is 0 Å². The maximum absolute atomic E-state index is 13.6. The quantitative estimate of drug-likeness (QED) is 0.731. The largest absolute Gasteiger partial charge is 0.489 e. The Morgan fingerprint density at radius 1 is 1.42 bits per heavy atom. The van der Waals surface area contributed by atoms with E-state index in [4.69, 9.17) is 4.74 Å². The Balaban J connectivity index is 2.04. The van der Waals surface area contributed by atoms with Crippen molar-refractivity contribution < 1.29 is 14.2 Å². The van der Waals surface area contributed by atoms with E-state index in [1.807, 2.05) is 30.7 Å².